The highest BCUT2D eigenvalue weighted by atomic mass is 19.3. The van der Waals surface area contributed by atoms with Gasteiger partial charge in [-0.2, -0.15) is 0 Å². The van der Waals surface area contributed by atoms with Crippen molar-refractivity contribution in [3.8, 4) is 0 Å². The monoisotopic (exact) mass is 418 g/mol. The molecule has 3 aliphatic rings. The molecule has 3 saturated carbocycles. The quantitative estimate of drug-likeness (QED) is 0.613. The molecule has 1 atom stereocenters. The molecule has 1 N–H and O–H groups in total. The Labute approximate surface area is 168 Å². The van der Waals surface area contributed by atoms with Gasteiger partial charge >= 0.3 is 0 Å². The lowest BCUT2D eigenvalue weighted by molar-refractivity contribution is -0.199. The average molecular weight is 418 g/mol. The van der Waals surface area contributed by atoms with Crippen molar-refractivity contribution in [3.05, 3.63) is 64.1 Å². The smallest absolute Gasteiger partial charge is 0.266 e. The maximum Gasteiger partial charge on any atom is 0.266 e. The minimum atomic E-state index is -2.92. The molecule has 0 amide bonds. The summed E-state index contributed by atoms with van der Waals surface area (Å²) in [7, 11) is 0. The van der Waals surface area contributed by atoms with Gasteiger partial charge in [0.1, 0.15) is 23.6 Å². The van der Waals surface area contributed by atoms with E-state index in [1.54, 1.807) is 13.1 Å². The third-order valence-corrected chi connectivity index (χ3v) is 6.23. The van der Waals surface area contributed by atoms with E-state index in [1.807, 2.05) is 0 Å². The van der Waals surface area contributed by atoms with E-state index in [1.165, 1.54) is 29.1 Å². The maximum atomic E-state index is 14.5. The van der Waals surface area contributed by atoms with E-state index in [0.717, 1.165) is 6.07 Å². The fourth-order valence-electron chi connectivity index (χ4n) is 4.74. The van der Waals surface area contributed by atoms with E-state index in [4.69, 9.17) is 0 Å². The normalized spacial score (nSPS) is 25.7. The first-order valence-corrected chi connectivity index (χ1v) is 9.61. The van der Waals surface area contributed by atoms with Crippen LogP contribution in [-0.2, 0) is 5.54 Å². The highest BCUT2D eigenvalue weighted by Gasteiger charge is 2.70. The molecular weight excluding hydrogens is 400 g/mol. The van der Waals surface area contributed by atoms with Gasteiger partial charge in [0.25, 0.3) is 12.0 Å². The van der Waals surface area contributed by atoms with Crippen molar-refractivity contribution in [1.82, 2.24) is 14.5 Å². The highest BCUT2D eigenvalue weighted by molar-refractivity contribution is 5.88. The maximum absolute atomic E-state index is 14.5. The van der Waals surface area contributed by atoms with Crippen molar-refractivity contribution in [2.24, 2.45) is 0 Å². The van der Waals surface area contributed by atoms with Gasteiger partial charge in [-0.3, -0.25) is 4.79 Å². The van der Waals surface area contributed by atoms with Gasteiger partial charge < -0.3 is 9.88 Å². The van der Waals surface area contributed by atoms with Crippen molar-refractivity contribution in [1.29, 1.82) is 0 Å². The van der Waals surface area contributed by atoms with Crippen LogP contribution < -0.4 is 10.9 Å². The zero-order chi connectivity index (χ0) is 21.3. The first-order chi connectivity index (χ1) is 14.2. The number of benzene rings is 1. The second-order valence-corrected chi connectivity index (χ2v) is 8.33. The number of halogens is 4. The third kappa shape index (κ3) is 2.71. The fraction of sp³-hybridized carbons (Fsp3) is 0.381. The summed E-state index contributed by atoms with van der Waals surface area (Å²) in [6.07, 6.45) is 0.887. The number of aromatic nitrogens is 3. The summed E-state index contributed by atoms with van der Waals surface area (Å²) < 4.78 is 56.1. The number of nitrogens with one attached hydrogen (secondary N) is 1. The predicted molar refractivity (Wildman–Crippen MR) is 103 cm³/mol. The summed E-state index contributed by atoms with van der Waals surface area (Å²) in [6, 6.07) is 4.56. The summed E-state index contributed by atoms with van der Waals surface area (Å²) in [5, 5.41) is 3.56. The van der Waals surface area contributed by atoms with Crippen molar-refractivity contribution in [2.45, 2.75) is 49.9 Å². The van der Waals surface area contributed by atoms with E-state index in [0.29, 0.717) is 36.0 Å². The molecule has 0 spiro atoms. The van der Waals surface area contributed by atoms with Crippen LogP contribution in [0.4, 0.5) is 23.4 Å². The SMILES string of the molecule is C[C@@H](Nc1ncnc2cc(=O)n(C34CC(F)(C3)C4)cc12)c1cccc(C(F)F)c1F. The van der Waals surface area contributed by atoms with Crippen LogP contribution in [0.25, 0.3) is 10.9 Å². The zero-order valence-corrected chi connectivity index (χ0v) is 16.0. The third-order valence-electron chi connectivity index (χ3n) is 6.23. The molecule has 9 heteroatoms. The molecule has 0 radical (unpaired) electrons. The van der Waals surface area contributed by atoms with E-state index in [-0.39, 0.29) is 11.1 Å². The summed E-state index contributed by atoms with van der Waals surface area (Å²) >= 11 is 0. The standard InChI is InChI=1S/C21H18F4N4O/c1-11(12-3-2-4-13(17(12)22)18(23)24)28-19-14-6-29(21-7-20(25,8-21)9-21)16(30)5-15(14)26-10-27-19/h2-6,10-11,18H,7-9H2,1H3,(H,26,27,28)/t11-,20?,21?/m1/s1. The molecule has 30 heavy (non-hydrogen) atoms. The van der Waals surface area contributed by atoms with Gasteiger partial charge in [0, 0.05) is 37.1 Å². The molecule has 3 aromatic rings. The Morgan fingerprint density at radius 2 is 1.87 bits per heavy atom. The lowest BCUT2D eigenvalue weighted by Gasteiger charge is -2.66. The van der Waals surface area contributed by atoms with Crippen molar-refractivity contribution in [2.75, 3.05) is 5.32 Å². The van der Waals surface area contributed by atoms with E-state index in [2.05, 4.69) is 15.3 Å². The van der Waals surface area contributed by atoms with Gasteiger partial charge in [-0.05, 0) is 6.92 Å². The van der Waals surface area contributed by atoms with Crippen molar-refractivity contribution >= 4 is 16.7 Å². The van der Waals surface area contributed by atoms with Gasteiger partial charge in [-0.1, -0.05) is 18.2 Å². The molecule has 6 rings (SSSR count). The number of alkyl halides is 3. The Bertz CT molecular complexity index is 1210. The van der Waals surface area contributed by atoms with Gasteiger partial charge in [0.05, 0.1) is 28.0 Å². The molecule has 5 nitrogen and oxygen atoms in total. The Balaban J connectivity index is 1.52. The van der Waals surface area contributed by atoms with Crippen LogP contribution in [0, 0.1) is 5.82 Å². The second kappa shape index (κ2) is 6.26. The molecule has 0 aliphatic heterocycles. The molecule has 156 valence electrons. The van der Waals surface area contributed by atoms with Crippen LogP contribution in [0.2, 0.25) is 0 Å². The largest absolute Gasteiger partial charge is 0.363 e. The number of nitrogens with zero attached hydrogens (tertiary/aromatic N) is 3. The van der Waals surface area contributed by atoms with Crippen LogP contribution in [-0.4, -0.2) is 20.2 Å². The topological polar surface area (TPSA) is 59.8 Å². The Morgan fingerprint density at radius 1 is 1.17 bits per heavy atom. The Morgan fingerprint density at radius 3 is 2.53 bits per heavy atom. The molecule has 2 aromatic heterocycles. The van der Waals surface area contributed by atoms with Gasteiger partial charge in [0.2, 0.25) is 0 Å². The lowest BCUT2D eigenvalue weighted by atomic mass is 9.47. The van der Waals surface area contributed by atoms with Gasteiger partial charge in [-0.15, -0.1) is 0 Å². The van der Waals surface area contributed by atoms with Crippen LogP contribution in [0.1, 0.15) is 49.8 Å². The average Bonchev–Trinajstić information content (AvgIpc) is 2.64. The van der Waals surface area contributed by atoms with E-state index >= 15 is 0 Å². The summed E-state index contributed by atoms with van der Waals surface area (Å²) in [5.74, 6) is -0.630. The highest BCUT2D eigenvalue weighted by Crippen LogP contribution is 2.67. The minimum Gasteiger partial charge on any atom is -0.363 e. The molecule has 0 saturated heterocycles. The van der Waals surface area contributed by atoms with E-state index in [9.17, 15) is 22.4 Å². The van der Waals surface area contributed by atoms with Crippen molar-refractivity contribution in [3.63, 3.8) is 0 Å². The van der Waals surface area contributed by atoms with Crippen molar-refractivity contribution < 1.29 is 17.6 Å². The predicted octanol–water partition coefficient (Wildman–Crippen LogP) is 4.64. The molecule has 3 fully saturated rings. The minimum absolute atomic E-state index is 0.0756. The number of hydrogen-bond donors (Lipinski definition) is 1. The molecular formula is C21H18F4N4O. The summed E-state index contributed by atoms with van der Waals surface area (Å²) in [6.45, 7) is 1.63. The summed E-state index contributed by atoms with van der Waals surface area (Å²) in [4.78, 5) is 20.9. The summed E-state index contributed by atoms with van der Waals surface area (Å²) in [5.41, 5.74) is -2.12. The van der Waals surface area contributed by atoms with Crippen LogP contribution in [0.5, 0.6) is 0 Å². The number of hydrogen-bond acceptors (Lipinski definition) is 4. The number of pyridine rings is 1. The number of fused-ring (bicyclic) bond motifs is 1. The molecule has 2 heterocycles. The number of rotatable bonds is 5. The van der Waals surface area contributed by atoms with Crippen LogP contribution in [0.3, 0.4) is 0 Å². The first kappa shape index (κ1) is 19.0. The second-order valence-electron chi connectivity index (χ2n) is 8.33. The van der Waals surface area contributed by atoms with Gasteiger partial charge in [0.15, 0.2) is 0 Å². The molecule has 3 aliphatic carbocycles. The number of anilines is 1. The van der Waals surface area contributed by atoms with E-state index < -0.39 is 35.1 Å². The lowest BCUT2D eigenvalue weighted by Crippen LogP contribution is -2.71. The molecule has 0 unspecified atom stereocenters. The first-order valence-electron chi connectivity index (χ1n) is 9.61. The molecule has 1 aromatic carbocycles. The Hall–Kier alpha value is -2.97. The van der Waals surface area contributed by atoms with Crippen LogP contribution >= 0.6 is 0 Å². The fourth-order valence-corrected chi connectivity index (χ4v) is 4.74. The zero-order valence-electron chi connectivity index (χ0n) is 16.0. The molecule has 2 bridgehead atoms. The van der Waals surface area contributed by atoms with Crippen LogP contribution in [0.15, 0.2) is 41.6 Å². The van der Waals surface area contributed by atoms with Gasteiger partial charge in [-0.25, -0.2) is 27.5 Å². The Kier molecular flexibility index (Phi) is 3.97.